The van der Waals surface area contributed by atoms with E-state index < -0.39 is 10.0 Å². The van der Waals surface area contributed by atoms with Crippen molar-refractivity contribution in [3.8, 4) is 5.75 Å². The molecule has 1 aliphatic heterocycles. The van der Waals surface area contributed by atoms with Crippen molar-refractivity contribution < 1.29 is 22.7 Å². The largest absolute Gasteiger partial charge is 0.496 e. The Bertz CT molecular complexity index is 906. The van der Waals surface area contributed by atoms with E-state index in [0.29, 0.717) is 49.7 Å². The first-order valence-corrected chi connectivity index (χ1v) is 10.6. The normalized spacial score (nSPS) is 15.2. The van der Waals surface area contributed by atoms with Crippen LogP contribution in [0.3, 0.4) is 0 Å². The second-order valence-corrected chi connectivity index (χ2v) is 8.43. The monoisotopic (exact) mass is 404 g/mol. The van der Waals surface area contributed by atoms with Crippen LogP contribution in [0.25, 0.3) is 0 Å². The van der Waals surface area contributed by atoms with Crippen LogP contribution in [0.2, 0.25) is 0 Å². The molecule has 0 bridgehead atoms. The number of ether oxygens (including phenoxy) is 2. The molecular weight excluding hydrogens is 380 g/mol. The molecule has 150 valence electrons. The van der Waals surface area contributed by atoms with Gasteiger partial charge in [-0.15, -0.1) is 0 Å². The second kappa shape index (κ2) is 9.18. The summed E-state index contributed by atoms with van der Waals surface area (Å²) in [5.41, 5.74) is 2.00. The van der Waals surface area contributed by atoms with E-state index in [1.54, 1.807) is 31.4 Å². The fourth-order valence-corrected chi connectivity index (χ4v) is 4.51. The Hall–Kier alpha value is -2.42. The van der Waals surface area contributed by atoms with E-state index in [-0.39, 0.29) is 11.7 Å². The minimum atomic E-state index is -3.38. The molecule has 0 spiro atoms. The number of nitrogens with one attached hydrogen (secondary N) is 1. The van der Waals surface area contributed by atoms with Gasteiger partial charge in [0, 0.05) is 30.8 Å². The van der Waals surface area contributed by atoms with Crippen molar-refractivity contribution in [1.82, 2.24) is 9.62 Å². The van der Waals surface area contributed by atoms with Crippen LogP contribution in [0.15, 0.2) is 48.5 Å². The van der Waals surface area contributed by atoms with Gasteiger partial charge in [-0.05, 0) is 23.8 Å². The van der Waals surface area contributed by atoms with Crippen LogP contribution in [0.5, 0.6) is 5.75 Å². The number of nitrogens with zero attached hydrogens (tertiary/aromatic N) is 1. The summed E-state index contributed by atoms with van der Waals surface area (Å²) in [6, 6.07) is 14.1. The molecule has 1 heterocycles. The number of hydrogen-bond acceptors (Lipinski definition) is 5. The van der Waals surface area contributed by atoms with Crippen LogP contribution in [-0.2, 0) is 27.1 Å². The van der Waals surface area contributed by atoms with E-state index in [4.69, 9.17) is 9.47 Å². The lowest BCUT2D eigenvalue weighted by Crippen LogP contribution is -2.41. The molecule has 2 aromatic carbocycles. The van der Waals surface area contributed by atoms with Crippen molar-refractivity contribution in [3.05, 3.63) is 65.2 Å². The van der Waals surface area contributed by atoms with Crippen LogP contribution in [0.4, 0.5) is 0 Å². The average molecular weight is 404 g/mol. The maximum absolute atomic E-state index is 12.5. The standard InChI is InChI=1S/C20H24N2O5S/c1-26-19-5-3-2-4-18(19)14-21-20(23)17-8-6-16(7-9-17)15-28(24,25)22-10-12-27-13-11-22/h2-9H,10-15H2,1H3,(H,21,23). The molecule has 0 aliphatic carbocycles. The van der Waals surface area contributed by atoms with Gasteiger partial charge in [-0.25, -0.2) is 8.42 Å². The zero-order valence-corrected chi connectivity index (χ0v) is 16.6. The molecule has 1 saturated heterocycles. The fourth-order valence-electron chi connectivity index (χ4n) is 3.01. The number of hydrogen-bond donors (Lipinski definition) is 1. The molecule has 8 heteroatoms. The molecule has 0 unspecified atom stereocenters. The first kappa shape index (κ1) is 20.3. The highest BCUT2D eigenvalue weighted by Crippen LogP contribution is 2.17. The fraction of sp³-hybridized carbons (Fsp3) is 0.350. The lowest BCUT2D eigenvalue weighted by molar-refractivity contribution is 0.0729. The number of morpholine rings is 1. The van der Waals surface area contributed by atoms with Crippen LogP contribution in [-0.4, -0.2) is 52.0 Å². The number of sulfonamides is 1. The highest BCUT2D eigenvalue weighted by atomic mass is 32.2. The SMILES string of the molecule is COc1ccccc1CNC(=O)c1ccc(CS(=O)(=O)N2CCOCC2)cc1. The molecule has 2 aromatic rings. The van der Waals surface area contributed by atoms with E-state index in [0.717, 1.165) is 5.56 Å². The molecule has 28 heavy (non-hydrogen) atoms. The number of rotatable bonds is 7. The van der Waals surface area contributed by atoms with Crippen molar-refractivity contribution >= 4 is 15.9 Å². The van der Waals surface area contributed by atoms with Gasteiger partial charge >= 0.3 is 0 Å². The summed E-state index contributed by atoms with van der Waals surface area (Å²) in [4.78, 5) is 12.4. The van der Waals surface area contributed by atoms with Crippen molar-refractivity contribution in [1.29, 1.82) is 0 Å². The van der Waals surface area contributed by atoms with Crippen molar-refractivity contribution in [2.75, 3.05) is 33.4 Å². The maximum Gasteiger partial charge on any atom is 0.251 e. The molecule has 0 radical (unpaired) electrons. The Morgan fingerprint density at radius 3 is 2.46 bits per heavy atom. The van der Waals surface area contributed by atoms with Gasteiger partial charge in [-0.3, -0.25) is 4.79 Å². The summed E-state index contributed by atoms with van der Waals surface area (Å²) in [7, 11) is -1.80. The van der Waals surface area contributed by atoms with Gasteiger partial charge in [0.1, 0.15) is 5.75 Å². The molecule has 1 N–H and O–H groups in total. The van der Waals surface area contributed by atoms with Gasteiger partial charge in [-0.2, -0.15) is 4.31 Å². The summed E-state index contributed by atoms with van der Waals surface area (Å²) >= 11 is 0. The molecule has 0 atom stereocenters. The van der Waals surface area contributed by atoms with Crippen LogP contribution in [0, 0.1) is 0 Å². The third kappa shape index (κ3) is 5.09. The zero-order chi connectivity index (χ0) is 20.0. The lowest BCUT2D eigenvalue weighted by atomic mass is 10.1. The van der Waals surface area contributed by atoms with Gasteiger partial charge in [0.05, 0.1) is 26.1 Å². The van der Waals surface area contributed by atoms with Crippen molar-refractivity contribution in [2.24, 2.45) is 0 Å². The van der Waals surface area contributed by atoms with Crippen molar-refractivity contribution in [3.63, 3.8) is 0 Å². The smallest absolute Gasteiger partial charge is 0.251 e. The minimum absolute atomic E-state index is 0.0872. The number of para-hydroxylation sites is 1. The minimum Gasteiger partial charge on any atom is -0.496 e. The molecule has 1 amide bonds. The topological polar surface area (TPSA) is 84.9 Å². The number of carbonyl (C=O) groups is 1. The Labute approximate surface area is 165 Å². The highest BCUT2D eigenvalue weighted by Gasteiger charge is 2.24. The second-order valence-electron chi connectivity index (χ2n) is 6.46. The third-order valence-corrected chi connectivity index (χ3v) is 6.41. The van der Waals surface area contributed by atoms with Crippen LogP contribution < -0.4 is 10.1 Å². The lowest BCUT2D eigenvalue weighted by Gasteiger charge is -2.26. The summed E-state index contributed by atoms with van der Waals surface area (Å²) in [6.45, 7) is 1.95. The first-order valence-electron chi connectivity index (χ1n) is 9.04. The highest BCUT2D eigenvalue weighted by molar-refractivity contribution is 7.88. The van der Waals surface area contributed by atoms with Gasteiger partial charge in [-0.1, -0.05) is 30.3 Å². The molecule has 1 aliphatic rings. The Morgan fingerprint density at radius 1 is 1.11 bits per heavy atom. The summed E-state index contributed by atoms with van der Waals surface area (Å²) in [6.07, 6.45) is 0. The van der Waals surface area contributed by atoms with Gasteiger partial charge < -0.3 is 14.8 Å². The van der Waals surface area contributed by atoms with E-state index in [1.807, 2.05) is 24.3 Å². The Morgan fingerprint density at radius 2 is 1.79 bits per heavy atom. The van der Waals surface area contributed by atoms with Crippen molar-refractivity contribution in [2.45, 2.75) is 12.3 Å². The van der Waals surface area contributed by atoms with E-state index in [9.17, 15) is 13.2 Å². The maximum atomic E-state index is 12.5. The Balaban J connectivity index is 1.59. The quantitative estimate of drug-likeness (QED) is 0.761. The predicted molar refractivity (Wildman–Crippen MR) is 106 cm³/mol. The third-order valence-electron chi connectivity index (χ3n) is 4.56. The van der Waals surface area contributed by atoms with E-state index >= 15 is 0 Å². The number of amides is 1. The van der Waals surface area contributed by atoms with Crippen LogP contribution in [0.1, 0.15) is 21.5 Å². The molecular formula is C20H24N2O5S. The van der Waals surface area contributed by atoms with E-state index in [2.05, 4.69) is 5.32 Å². The zero-order valence-electron chi connectivity index (χ0n) is 15.8. The summed E-state index contributed by atoms with van der Waals surface area (Å²) in [5, 5.41) is 2.85. The number of methoxy groups -OCH3 is 1. The van der Waals surface area contributed by atoms with Gasteiger partial charge in [0.25, 0.3) is 5.91 Å². The average Bonchev–Trinajstić information content (AvgIpc) is 2.73. The summed E-state index contributed by atoms with van der Waals surface area (Å²) in [5.74, 6) is 0.399. The molecule has 0 saturated carbocycles. The van der Waals surface area contributed by atoms with Crippen LogP contribution >= 0.6 is 0 Å². The predicted octanol–water partition coefficient (Wildman–Crippen LogP) is 1.79. The molecule has 1 fully saturated rings. The molecule has 0 aromatic heterocycles. The Kier molecular flexibility index (Phi) is 6.66. The number of benzene rings is 2. The molecule has 3 rings (SSSR count). The van der Waals surface area contributed by atoms with Gasteiger partial charge in [0.2, 0.25) is 10.0 Å². The summed E-state index contributed by atoms with van der Waals surface area (Å²) < 4.78 is 36.9. The number of carbonyl (C=O) groups excluding carboxylic acids is 1. The van der Waals surface area contributed by atoms with E-state index in [1.165, 1.54) is 4.31 Å². The molecule has 7 nitrogen and oxygen atoms in total. The first-order chi connectivity index (χ1) is 13.5. The van der Waals surface area contributed by atoms with Gasteiger partial charge in [0.15, 0.2) is 0 Å².